The molecule has 0 radical (unpaired) electrons. The summed E-state index contributed by atoms with van der Waals surface area (Å²) in [5.74, 6) is 0.237. The minimum absolute atomic E-state index is 0.0741. The maximum Gasteiger partial charge on any atom is 0.307 e. The highest BCUT2D eigenvalue weighted by atomic mass is 16.4. The van der Waals surface area contributed by atoms with Crippen LogP contribution in [0.2, 0.25) is 0 Å². The Bertz CT molecular complexity index is 254. The zero-order chi connectivity index (χ0) is 11.6. The summed E-state index contributed by atoms with van der Waals surface area (Å²) in [5, 5.41) is 8.70. The van der Waals surface area contributed by atoms with E-state index in [9.17, 15) is 4.79 Å². The number of hydrogen-bond donors (Lipinski definition) is 1. The van der Waals surface area contributed by atoms with Gasteiger partial charge >= 0.3 is 5.97 Å². The molecule has 0 aliphatic heterocycles. The van der Waals surface area contributed by atoms with Crippen LogP contribution in [0.3, 0.4) is 0 Å². The van der Waals surface area contributed by atoms with E-state index in [1.165, 1.54) is 0 Å². The fraction of sp³-hybridized carbons (Fsp3) is 0.769. The Kier molecular flexibility index (Phi) is 3.58. The van der Waals surface area contributed by atoms with E-state index < -0.39 is 5.97 Å². The van der Waals surface area contributed by atoms with Gasteiger partial charge in [-0.15, -0.1) is 0 Å². The third-order valence-electron chi connectivity index (χ3n) is 2.60. The molecule has 1 N–H and O–H groups in total. The maximum atomic E-state index is 10.6. The number of rotatable bonds is 1. The number of carboxylic acids is 1. The molecule has 2 bridgehead atoms. The Morgan fingerprint density at radius 1 is 1.20 bits per heavy atom. The number of fused-ring (bicyclic) bond motifs is 2. The normalized spacial score (nSPS) is 32.4. The minimum Gasteiger partial charge on any atom is -0.481 e. The lowest BCUT2D eigenvalue weighted by atomic mass is 9.94. The monoisotopic (exact) mass is 210 g/mol. The van der Waals surface area contributed by atoms with Gasteiger partial charge in [0.2, 0.25) is 0 Å². The zero-order valence-corrected chi connectivity index (χ0v) is 10.2. The van der Waals surface area contributed by atoms with Crippen LogP contribution in [0.15, 0.2) is 12.2 Å². The topological polar surface area (TPSA) is 37.3 Å². The molecular weight excluding hydrogens is 188 g/mol. The molecule has 1 fully saturated rings. The molecule has 2 heteroatoms. The molecule has 0 spiro atoms. The Labute approximate surface area is 92.4 Å². The molecule has 15 heavy (non-hydrogen) atoms. The Balaban J connectivity index is 0.000000195. The van der Waals surface area contributed by atoms with E-state index in [0.29, 0.717) is 17.3 Å². The quantitative estimate of drug-likeness (QED) is 0.674. The van der Waals surface area contributed by atoms with Gasteiger partial charge in [-0.2, -0.15) is 0 Å². The summed E-state index contributed by atoms with van der Waals surface area (Å²) in [5.41, 5.74) is 0.500. The summed E-state index contributed by atoms with van der Waals surface area (Å²) in [6.07, 6.45) is 6.17. The van der Waals surface area contributed by atoms with Gasteiger partial charge in [-0.3, -0.25) is 4.79 Å². The highest BCUT2D eigenvalue weighted by molar-refractivity contribution is 5.71. The zero-order valence-electron chi connectivity index (χ0n) is 10.2. The molecule has 0 amide bonds. The first-order valence-electron chi connectivity index (χ1n) is 5.68. The summed E-state index contributed by atoms with van der Waals surface area (Å²) in [6.45, 7) is 8.75. The molecule has 1 saturated carbocycles. The van der Waals surface area contributed by atoms with E-state index in [2.05, 4.69) is 39.8 Å². The predicted octanol–water partition coefficient (Wildman–Crippen LogP) is 3.34. The van der Waals surface area contributed by atoms with Crippen LogP contribution >= 0.6 is 0 Å². The average Bonchev–Trinajstić information content (AvgIpc) is 2.59. The van der Waals surface area contributed by atoms with E-state index >= 15 is 0 Å². The van der Waals surface area contributed by atoms with Crippen LogP contribution in [-0.4, -0.2) is 11.1 Å². The minimum atomic E-state index is -0.614. The van der Waals surface area contributed by atoms with Crippen molar-refractivity contribution >= 4 is 5.97 Å². The van der Waals surface area contributed by atoms with Crippen molar-refractivity contribution in [3.63, 3.8) is 0 Å². The number of allylic oxidation sites excluding steroid dienone is 2. The lowest BCUT2D eigenvalue weighted by Gasteiger charge is -2.11. The second kappa shape index (κ2) is 4.38. The van der Waals surface area contributed by atoms with Gasteiger partial charge in [-0.1, -0.05) is 39.8 Å². The first-order chi connectivity index (χ1) is 6.77. The van der Waals surface area contributed by atoms with Crippen LogP contribution in [0.5, 0.6) is 0 Å². The van der Waals surface area contributed by atoms with Gasteiger partial charge in [0.15, 0.2) is 0 Å². The summed E-state index contributed by atoms with van der Waals surface area (Å²) in [7, 11) is 0. The first-order valence-corrected chi connectivity index (χ1v) is 5.68. The number of aliphatic carboxylic acids is 1. The molecule has 0 aromatic carbocycles. The molecule has 0 aromatic rings. The summed E-state index contributed by atoms with van der Waals surface area (Å²) in [4.78, 5) is 10.6. The molecular formula is C13H22O2. The average molecular weight is 210 g/mol. The van der Waals surface area contributed by atoms with E-state index in [1.807, 2.05) is 0 Å². The van der Waals surface area contributed by atoms with Crippen LogP contribution in [0.25, 0.3) is 0 Å². The fourth-order valence-electron chi connectivity index (χ4n) is 2.06. The van der Waals surface area contributed by atoms with Gasteiger partial charge < -0.3 is 5.11 Å². The highest BCUT2D eigenvalue weighted by Gasteiger charge is 2.39. The molecule has 2 aliphatic rings. The van der Waals surface area contributed by atoms with Gasteiger partial charge in [0.05, 0.1) is 5.92 Å². The molecule has 2 nitrogen and oxygen atoms in total. The van der Waals surface area contributed by atoms with Crippen molar-refractivity contribution in [2.75, 3.05) is 0 Å². The predicted molar refractivity (Wildman–Crippen MR) is 61.6 cm³/mol. The van der Waals surface area contributed by atoms with Crippen molar-refractivity contribution in [2.45, 2.75) is 40.5 Å². The number of carbonyl (C=O) groups is 1. The van der Waals surface area contributed by atoms with Crippen molar-refractivity contribution in [1.82, 2.24) is 0 Å². The molecule has 0 heterocycles. The molecule has 86 valence electrons. The third kappa shape index (κ3) is 4.06. The smallest absolute Gasteiger partial charge is 0.307 e. The van der Waals surface area contributed by atoms with E-state index in [-0.39, 0.29) is 5.92 Å². The Morgan fingerprint density at radius 3 is 1.93 bits per heavy atom. The molecule has 2 aliphatic carbocycles. The van der Waals surface area contributed by atoms with Crippen LogP contribution in [0.4, 0.5) is 0 Å². The van der Waals surface area contributed by atoms with Crippen molar-refractivity contribution in [3.8, 4) is 0 Å². The first kappa shape index (κ1) is 12.3. The summed E-state index contributed by atoms with van der Waals surface area (Å²) < 4.78 is 0. The van der Waals surface area contributed by atoms with Gasteiger partial charge in [0.1, 0.15) is 0 Å². The Morgan fingerprint density at radius 2 is 1.73 bits per heavy atom. The van der Waals surface area contributed by atoms with Crippen LogP contribution in [0, 0.1) is 23.2 Å². The van der Waals surface area contributed by atoms with Crippen LogP contribution in [0.1, 0.15) is 40.5 Å². The second-order valence-electron chi connectivity index (χ2n) is 6.22. The number of carboxylic acid groups (broad SMARTS) is 1. The Hall–Kier alpha value is -0.790. The third-order valence-corrected chi connectivity index (χ3v) is 2.60. The maximum absolute atomic E-state index is 10.6. The van der Waals surface area contributed by atoms with Gasteiger partial charge in [0, 0.05) is 0 Å². The van der Waals surface area contributed by atoms with Gasteiger partial charge in [-0.05, 0) is 30.1 Å². The van der Waals surface area contributed by atoms with Crippen molar-refractivity contribution in [2.24, 2.45) is 23.2 Å². The second-order valence-corrected chi connectivity index (χ2v) is 6.22. The largest absolute Gasteiger partial charge is 0.481 e. The molecule has 0 aromatic heterocycles. The van der Waals surface area contributed by atoms with E-state index in [1.54, 1.807) is 0 Å². The van der Waals surface area contributed by atoms with Crippen molar-refractivity contribution < 1.29 is 9.90 Å². The van der Waals surface area contributed by atoms with E-state index in [0.717, 1.165) is 12.8 Å². The fourth-order valence-corrected chi connectivity index (χ4v) is 2.06. The van der Waals surface area contributed by atoms with Crippen LogP contribution < -0.4 is 0 Å². The van der Waals surface area contributed by atoms with Crippen molar-refractivity contribution in [1.29, 1.82) is 0 Å². The highest BCUT2D eigenvalue weighted by Crippen LogP contribution is 2.43. The lowest BCUT2D eigenvalue weighted by molar-refractivity contribution is -0.142. The van der Waals surface area contributed by atoms with Crippen LogP contribution in [-0.2, 0) is 4.79 Å². The molecule has 2 rings (SSSR count). The standard InChI is InChI=1S/C8H10O2.C5H12/c9-8(10)7-4-5-1-2-6(7)3-5;1-5(2,3)4/h1-2,5-7H,3-4H2,(H,9,10);1-4H3. The molecule has 0 saturated heterocycles. The van der Waals surface area contributed by atoms with Crippen molar-refractivity contribution in [3.05, 3.63) is 12.2 Å². The summed E-state index contributed by atoms with van der Waals surface area (Å²) >= 11 is 0. The summed E-state index contributed by atoms with van der Waals surface area (Å²) in [6, 6.07) is 0. The SMILES string of the molecule is CC(C)(C)C.O=C(O)C1CC2C=CC1C2. The molecule has 3 atom stereocenters. The number of hydrogen-bond acceptors (Lipinski definition) is 1. The van der Waals surface area contributed by atoms with Gasteiger partial charge in [0.25, 0.3) is 0 Å². The van der Waals surface area contributed by atoms with E-state index in [4.69, 9.17) is 5.11 Å². The lowest BCUT2D eigenvalue weighted by Crippen LogP contribution is -2.17. The molecule has 3 unspecified atom stereocenters. The van der Waals surface area contributed by atoms with Gasteiger partial charge in [-0.25, -0.2) is 0 Å².